The third-order valence-electron chi connectivity index (χ3n) is 4.13. The predicted octanol–water partition coefficient (Wildman–Crippen LogP) is 3.65. The van der Waals surface area contributed by atoms with Crippen LogP contribution in [0.1, 0.15) is 11.3 Å². The van der Waals surface area contributed by atoms with Crippen molar-refractivity contribution in [2.45, 2.75) is 6.92 Å². The van der Waals surface area contributed by atoms with Crippen LogP contribution in [0.3, 0.4) is 0 Å². The van der Waals surface area contributed by atoms with E-state index in [-0.39, 0.29) is 0 Å². The highest BCUT2D eigenvalue weighted by atomic mass is 16.3. The number of aromatic nitrogens is 2. The molecule has 110 valence electrons. The van der Waals surface area contributed by atoms with Crippen molar-refractivity contribution in [3.05, 3.63) is 59.9 Å². The molecule has 4 heteroatoms. The standard InChI is InChI=1S/C19H14N3O/c1-12-9-18-16(10-15(12)17-5-3-4-8-22(17)2)14-7-6-13(11-20)21-19(14)23-18/h3-10H,1-2H3/q+1. The summed E-state index contributed by atoms with van der Waals surface area (Å²) >= 11 is 0. The lowest BCUT2D eigenvalue weighted by atomic mass is 10.0. The SMILES string of the molecule is Cc1cc2oc3nc(C#N)ccc3c2cc1-c1cccc[n+]1C. The van der Waals surface area contributed by atoms with E-state index in [1.54, 1.807) is 6.07 Å². The van der Waals surface area contributed by atoms with E-state index in [0.29, 0.717) is 11.4 Å². The van der Waals surface area contributed by atoms with E-state index in [1.807, 2.05) is 43.6 Å². The summed E-state index contributed by atoms with van der Waals surface area (Å²) in [6, 6.07) is 16.0. The van der Waals surface area contributed by atoms with Gasteiger partial charge in [0.25, 0.3) is 0 Å². The van der Waals surface area contributed by atoms with E-state index in [0.717, 1.165) is 33.2 Å². The van der Waals surface area contributed by atoms with E-state index in [1.165, 1.54) is 0 Å². The topological polar surface area (TPSA) is 53.7 Å². The van der Waals surface area contributed by atoms with Gasteiger partial charge in [0.05, 0.1) is 0 Å². The molecule has 0 aliphatic rings. The van der Waals surface area contributed by atoms with Gasteiger partial charge < -0.3 is 4.42 Å². The van der Waals surface area contributed by atoms with Crippen molar-refractivity contribution >= 4 is 22.1 Å². The van der Waals surface area contributed by atoms with Gasteiger partial charge in [-0.3, -0.25) is 0 Å². The van der Waals surface area contributed by atoms with Crippen LogP contribution in [0, 0.1) is 18.3 Å². The van der Waals surface area contributed by atoms with Crippen LogP contribution in [0.15, 0.2) is 53.1 Å². The molecule has 0 amide bonds. The van der Waals surface area contributed by atoms with Crippen LogP contribution in [-0.2, 0) is 7.05 Å². The molecule has 0 aliphatic carbocycles. The van der Waals surface area contributed by atoms with E-state index in [4.69, 9.17) is 9.68 Å². The van der Waals surface area contributed by atoms with Crippen molar-refractivity contribution < 1.29 is 8.98 Å². The summed E-state index contributed by atoms with van der Waals surface area (Å²) in [7, 11) is 2.03. The molecule has 1 aromatic carbocycles. The summed E-state index contributed by atoms with van der Waals surface area (Å²) in [5.41, 5.74) is 5.10. The van der Waals surface area contributed by atoms with Crippen LogP contribution in [0.5, 0.6) is 0 Å². The zero-order valence-electron chi connectivity index (χ0n) is 12.9. The van der Waals surface area contributed by atoms with Crippen LogP contribution in [0.25, 0.3) is 33.3 Å². The lowest BCUT2D eigenvalue weighted by Crippen LogP contribution is -2.30. The van der Waals surface area contributed by atoms with E-state index in [2.05, 4.69) is 28.6 Å². The van der Waals surface area contributed by atoms with E-state index in [9.17, 15) is 0 Å². The van der Waals surface area contributed by atoms with Gasteiger partial charge >= 0.3 is 0 Å². The molecule has 0 fully saturated rings. The third-order valence-corrected chi connectivity index (χ3v) is 4.13. The van der Waals surface area contributed by atoms with Crippen LogP contribution in [-0.4, -0.2) is 4.98 Å². The van der Waals surface area contributed by atoms with Gasteiger partial charge in [-0.1, -0.05) is 0 Å². The van der Waals surface area contributed by atoms with Gasteiger partial charge in [0.15, 0.2) is 6.20 Å². The largest absolute Gasteiger partial charge is 0.438 e. The first-order valence-electron chi connectivity index (χ1n) is 7.36. The number of furan rings is 1. The molecule has 0 aliphatic heterocycles. The minimum Gasteiger partial charge on any atom is -0.438 e. The lowest BCUT2D eigenvalue weighted by molar-refractivity contribution is -0.660. The van der Waals surface area contributed by atoms with Gasteiger partial charge in [0.2, 0.25) is 11.4 Å². The summed E-state index contributed by atoms with van der Waals surface area (Å²) < 4.78 is 7.93. The van der Waals surface area contributed by atoms with E-state index < -0.39 is 0 Å². The lowest BCUT2D eigenvalue weighted by Gasteiger charge is -2.04. The quantitative estimate of drug-likeness (QED) is 0.504. The average Bonchev–Trinajstić information content (AvgIpc) is 2.91. The van der Waals surface area contributed by atoms with Crippen LogP contribution in [0.2, 0.25) is 0 Å². The number of nitriles is 1. The van der Waals surface area contributed by atoms with E-state index >= 15 is 0 Å². The predicted molar refractivity (Wildman–Crippen MR) is 87.6 cm³/mol. The number of aryl methyl sites for hydroxylation is 2. The first-order chi connectivity index (χ1) is 11.2. The molecule has 4 aromatic rings. The number of benzene rings is 1. The van der Waals surface area contributed by atoms with Crippen molar-refractivity contribution in [3.63, 3.8) is 0 Å². The maximum atomic E-state index is 8.98. The Hall–Kier alpha value is -3.19. The second-order valence-corrected chi connectivity index (χ2v) is 5.62. The molecule has 0 radical (unpaired) electrons. The minimum absolute atomic E-state index is 0.364. The molecule has 0 bridgehead atoms. The molecule has 3 heterocycles. The smallest absolute Gasteiger partial charge is 0.228 e. The van der Waals surface area contributed by atoms with Crippen LogP contribution < -0.4 is 4.57 Å². The van der Waals surface area contributed by atoms with Crippen LogP contribution >= 0.6 is 0 Å². The van der Waals surface area contributed by atoms with Gasteiger partial charge in [-0.2, -0.15) is 5.26 Å². The highest BCUT2D eigenvalue weighted by molar-refractivity contribution is 6.05. The molecule has 0 N–H and O–H groups in total. The molecule has 0 atom stereocenters. The fourth-order valence-corrected chi connectivity index (χ4v) is 2.95. The first kappa shape index (κ1) is 13.5. The Morgan fingerprint density at radius 1 is 1.13 bits per heavy atom. The molecule has 0 spiro atoms. The molecular formula is C19H14N3O+. The van der Waals surface area contributed by atoms with Gasteiger partial charge in [-0.15, -0.1) is 0 Å². The molecular weight excluding hydrogens is 286 g/mol. The number of hydrogen-bond acceptors (Lipinski definition) is 3. The fourth-order valence-electron chi connectivity index (χ4n) is 2.95. The molecule has 0 saturated carbocycles. The fraction of sp³-hybridized carbons (Fsp3) is 0.105. The normalized spacial score (nSPS) is 11.0. The van der Waals surface area contributed by atoms with Crippen molar-refractivity contribution in [1.29, 1.82) is 5.26 Å². The molecule has 4 nitrogen and oxygen atoms in total. The second-order valence-electron chi connectivity index (χ2n) is 5.62. The molecule has 3 aromatic heterocycles. The average molecular weight is 300 g/mol. The Morgan fingerprint density at radius 2 is 2.00 bits per heavy atom. The van der Waals surface area contributed by atoms with Crippen molar-refractivity contribution in [2.24, 2.45) is 7.05 Å². The second kappa shape index (κ2) is 4.92. The van der Waals surface area contributed by atoms with Gasteiger partial charge in [-0.05, 0) is 42.8 Å². The third kappa shape index (κ3) is 2.06. The Kier molecular flexibility index (Phi) is 2.88. The molecule has 0 unspecified atom stereocenters. The van der Waals surface area contributed by atoms with Gasteiger partial charge in [0, 0.05) is 28.5 Å². The zero-order valence-corrected chi connectivity index (χ0v) is 12.9. The number of rotatable bonds is 1. The number of nitrogens with zero attached hydrogens (tertiary/aromatic N) is 3. The number of fused-ring (bicyclic) bond motifs is 3. The Labute approximate surface area is 133 Å². The summed E-state index contributed by atoms with van der Waals surface area (Å²) in [6.07, 6.45) is 2.03. The summed E-state index contributed by atoms with van der Waals surface area (Å²) in [4.78, 5) is 4.25. The van der Waals surface area contributed by atoms with Gasteiger partial charge in [-0.25, -0.2) is 9.55 Å². The summed E-state index contributed by atoms with van der Waals surface area (Å²) in [6.45, 7) is 2.07. The maximum absolute atomic E-state index is 8.98. The Bertz CT molecular complexity index is 1100. The number of hydrogen-bond donors (Lipinski definition) is 0. The highest BCUT2D eigenvalue weighted by Gasteiger charge is 2.16. The zero-order chi connectivity index (χ0) is 16.0. The molecule has 4 rings (SSSR count). The van der Waals surface area contributed by atoms with Gasteiger partial charge in [0.1, 0.15) is 24.4 Å². The molecule has 0 saturated heterocycles. The molecule has 23 heavy (non-hydrogen) atoms. The monoisotopic (exact) mass is 300 g/mol. The van der Waals surface area contributed by atoms with Crippen molar-refractivity contribution in [3.8, 4) is 17.3 Å². The number of pyridine rings is 2. The van der Waals surface area contributed by atoms with Crippen molar-refractivity contribution in [2.75, 3.05) is 0 Å². The van der Waals surface area contributed by atoms with Crippen molar-refractivity contribution in [1.82, 2.24) is 4.98 Å². The minimum atomic E-state index is 0.364. The highest BCUT2D eigenvalue weighted by Crippen LogP contribution is 2.33. The Morgan fingerprint density at radius 3 is 2.78 bits per heavy atom. The Balaban J connectivity index is 2.05. The summed E-state index contributed by atoms with van der Waals surface area (Å²) in [5.74, 6) is 0. The van der Waals surface area contributed by atoms with Crippen LogP contribution in [0.4, 0.5) is 0 Å². The first-order valence-corrected chi connectivity index (χ1v) is 7.36. The summed E-state index contributed by atoms with van der Waals surface area (Å²) in [5, 5.41) is 10.9. The maximum Gasteiger partial charge on any atom is 0.228 e.